The monoisotopic (exact) mass is 345 g/mol. The van der Waals surface area contributed by atoms with Crippen LogP contribution in [0.5, 0.6) is 0 Å². The van der Waals surface area contributed by atoms with Crippen molar-refractivity contribution >= 4 is 28.6 Å². The Morgan fingerprint density at radius 1 is 0.875 bits per heavy atom. The lowest BCUT2D eigenvalue weighted by atomic mass is 10.1. The summed E-state index contributed by atoms with van der Waals surface area (Å²) in [6, 6.07) is 11.2. The Kier molecular flexibility index (Phi) is 6.40. The highest BCUT2D eigenvalue weighted by Crippen LogP contribution is 2.08. The van der Waals surface area contributed by atoms with Crippen molar-refractivity contribution in [2.75, 3.05) is 5.75 Å². The van der Waals surface area contributed by atoms with E-state index in [-0.39, 0.29) is 5.75 Å². The molecule has 0 aliphatic carbocycles. The van der Waals surface area contributed by atoms with Crippen molar-refractivity contribution in [1.82, 2.24) is 0 Å². The Morgan fingerprint density at radius 3 is 1.96 bits per heavy atom. The predicted octanol–water partition coefficient (Wildman–Crippen LogP) is 2.28. The summed E-state index contributed by atoms with van der Waals surface area (Å²) < 4.78 is 33.5. The van der Waals surface area contributed by atoms with Gasteiger partial charge in [-0.15, -0.1) is 0 Å². The molecule has 0 spiro atoms. The molecule has 6 heteroatoms. The molecule has 0 radical (unpaired) electrons. The fourth-order valence-electron chi connectivity index (χ4n) is 2.18. The number of pyridine rings is 1. The van der Waals surface area contributed by atoms with Gasteiger partial charge in [0.25, 0.3) is 0 Å². The molecule has 0 bridgehead atoms. The maximum Gasteiger partial charge on any atom is 0.169 e. The summed E-state index contributed by atoms with van der Waals surface area (Å²) in [6.45, 7) is 0.673. The second-order valence-electron chi connectivity index (χ2n) is 5.46. The third-order valence-corrected chi connectivity index (χ3v) is 4.31. The number of carbonyl (C=O) groups excluding carboxylic acids is 1. The van der Waals surface area contributed by atoms with Gasteiger partial charge in [-0.1, -0.05) is 36.4 Å². The molecule has 0 N–H and O–H groups in total. The van der Waals surface area contributed by atoms with Gasteiger partial charge in [-0.05, 0) is 17.5 Å². The first-order valence-corrected chi connectivity index (χ1v) is 9.20. The molecule has 0 unspecified atom stereocenters. The van der Waals surface area contributed by atoms with Gasteiger partial charge in [-0.3, -0.25) is 4.79 Å². The zero-order chi connectivity index (χ0) is 17.4. The molecule has 0 saturated heterocycles. The van der Waals surface area contributed by atoms with Gasteiger partial charge in [0, 0.05) is 29.9 Å². The van der Waals surface area contributed by atoms with E-state index in [0.29, 0.717) is 24.9 Å². The smallest absolute Gasteiger partial charge is 0.169 e. The minimum atomic E-state index is -4.11. The van der Waals surface area contributed by atoms with Crippen LogP contribution in [-0.2, 0) is 16.7 Å². The highest BCUT2D eigenvalue weighted by Gasteiger charge is 2.01. The molecule has 24 heavy (non-hydrogen) atoms. The summed E-state index contributed by atoms with van der Waals surface area (Å²) in [5, 5.41) is 0. The Bertz CT molecular complexity index is 794. The van der Waals surface area contributed by atoms with Crippen molar-refractivity contribution in [2.45, 2.75) is 19.4 Å². The number of hydrogen-bond acceptors (Lipinski definition) is 4. The number of nitrogens with zero attached hydrogens (tertiary/aromatic N) is 1. The van der Waals surface area contributed by atoms with Crippen molar-refractivity contribution in [3.63, 3.8) is 0 Å². The fourth-order valence-corrected chi connectivity index (χ4v) is 2.74. The Labute approximate surface area is 142 Å². The molecule has 2 rings (SSSR count). The van der Waals surface area contributed by atoms with Gasteiger partial charge in [0.15, 0.2) is 12.4 Å². The van der Waals surface area contributed by atoms with E-state index in [1.54, 1.807) is 12.1 Å². The molecule has 0 amide bonds. The first-order chi connectivity index (χ1) is 11.5. The van der Waals surface area contributed by atoms with Crippen LogP contribution in [0.15, 0.2) is 48.8 Å². The van der Waals surface area contributed by atoms with Crippen molar-refractivity contribution in [3.05, 3.63) is 65.5 Å². The van der Waals surface area contributed by atoms with Crippen LogP contribution in [0.4, 0.5) is 0 Å². The molecule has 0 aliphatic heterocycles. The quantitative estimate of drug-likeness (QED) is 0.318. The number of carbonyl (C=O) groups is 1. The third-order valence-electron chi connectivity index (χ3n) is 3.52. The molecule has 0 atom stereocenters. The summed E-state index contributed by atoms with van der Waals surface area (Å²) in [5.74, 6) is -0.308. The van der Waals surface area contributed by atoms with Gasteiger partial charge in [-0.2, -0.15) is 0 Å². The van der Waals surface area contributed by atoms with Gasteiger partial charge < -0.3 is 4.55 Å². The largest absolute Gasteiger partial charge is 0.748 e. The van der Waals surface area contributed by atoms with Gasteiger partial charge in [0.1, 0.15) is 12.8 Å². The average Bonchev–Trinajstić information content (AvgIpc) is 2.57. The molecule has 2 aromatic rings. The minimum Gasteiger partial charge on any atom is -0.748 e. The van der Waals surface area contributed by atoms with Crippen molar-refractivity contribution in [1.29, 1.82) is 0 Å². The summed E-state index contributed by atoms with van der Waals surface area (Å²) in [7, 11) is -4.11. The third kappa shape index (κ3) is 6.44. The van der Waals surface area contributed by atoms with Crippen molar-refractivity contribution in [3.8, 4) is 0 Å². The van der Waals surface area contributed by atoms with Crippen LogP contribution in [0.25, 0.3) is 12.2 Å². The maximum atomic E-state index is 10.6. The topological polar surface area (TPSA) is 78.1 Å². The number of rotatable bonds is 8. The van der Waals surface area contributed by atoms with Crippen LogP contribution >= 0.6 is 0 Å². The summed E-state index contributed by atoms with van der Waals surface area (Å²) in [6.07, 6.45) is 9.61. The first kappa shape index (κ1) is 18.0. The molecule has 0 fully saturated rings. The van der Waals surface area contributed by atoms with E-state index in [2.05, 4.69) is 0 Å². The van der Waals surface area contributed by atoms with E-state index < -0.39 is 10.1 Å². The van der Waals surface area contributed by atoms with E-state index in [1.165, 1.54) is 0 Å². The van der Waals surface area contributed by atoms with E-state index >= 15 is 0 Å². The average molecular weight is 345 g/mol. The van der Waals surface area contributed by atoms with Crippen LogP contribution in [-0.4, -0.2) is 25.0 Å². The predicted molar refractivity (Wildman–Crippen MR) is 91.2 cm³/mol. The molecule has 1 heterocycles. The minimum absolute atomic E-state index is 0.308. The molecular formula is C18H19NO4S. The van der Waals surface area contributed by atoms with E-state index in [4.69, 9.17) is 0 Å². The number of aldehydes is 1. The van der Waals surface area contributed by atoms with Crippen LogP contribution in [0.1, 0.15) is 34.3 Å². The molecular weight excluding hydrogens is 326 g/mol. The van der Waals surface area contributed by atoms with Crippen LogP contribution in [0, 0.1) is 0 Å². The second-order valence-corrected chi connectivity index (χ2v) is 6.98. The summed E-state index contributed by atoms with van der Waals surface area (Å²) >= 11 is 0. The van der Waals surface area contributed by atoms with Gasteiger partial charge in [-0.25, -0.2) is 13.0 Å². The van der Waals surface area contributed by atoms with Gasteiger partial charge in [0.2, 0.25) is 0 Å². The van der Waals surface area contributed by atoms with Crippen molar-refractivity contribution in [2.24, 2.45) is 0 Å². The number of hydrogen-bond donors (Lipinski definition) is 0. The Balaban J connectivity index is 1.86. The maximum absolute atomic E-state index is 10.6. The Morgan fingerprint density at radius 2 is 1.42 bits per heavy atom. The van der Waals surface area contributed by atoms with Crippen molar-refractivity contribution < 1.29 is 22.3 Å². The molecule has 1 aromatic carbocycles. The molecule has 0 saturated carbocycles. The number of unbranched alkanes of at least 4 members (excludes halogenated alkanes) is 1. The normalized spacial score (nSPS) is 11.7. The van der Waals surface area contributed by atoms with Crippen LogP contribution in [0.3, 0.4) is 0 Å². The molecule has 0 aliphatic rings. The van der Waals surface area contributed by atoms with Crippen LogP contribution in [0.2, 0.25) is 0 Å². The van der Waals surface area contributed by atoms with E-state index in [1.807, 2.05) is 53.4 Å². The van der Waals surface area contributed by atoms with Gasteiger partial charge >= 0.3 is 0 Å². The molecule has 1 aromatic heterocycles. The fraction of sp³-hybridized carbons (Fsp3) is 0.222. The highest BCUT2D eigenvalue weighted by molar-refractivity contribution is 7.85. The second kappa shape index (κ2) is 8.52. The number of aryl methyl sites for hydroxylation is 1. The Hall–Kier alpha value is -2.31. The lowest BCUT2D eigenvalue weighted by molar-refractivity contribution is -0.697. The zero-order valence-electron chi connectivity index (χ0n) is 13.2. The standard InChI is InChI=1S/C18H19NO4S/c20-15-18-7-5-16(6-8-18)3-4-17-9-12-19(13-10-17)11-1-2-14-24(21,22)23/h3-10,12-13,15H,1-2,11,14H2. The molecule has 5 nitrogen and oxygen atoms in total. The van der Waals surface area contributed by atoms with Crippen LogP contribution < -0.4 is 4.57 Å². The number of aromatic nitrogens is 1. The van der Waals surface area contributed by atoms with Gasteiger partial charge in [0.05, 0.1) is 10.1 Å². The lowest BCUT2D eigenvalue weighted by Crippen LogP contribution is -2.32. The summed E-state index contributed by atoms with van der Waals surface area (Å²) in [4.78, 5) is 10.6. The van der Waals surface area contributed by atoms with E-state index in [9.17, 15) is 17.8 Å². The number of benzene rings is 1. The lowest BCUT2D eigenvalue weighted by Gasteiger charge is -2.04. The van der Waals surface area contributed by atoms with E-state index in [0.717, 1.165) is 17.4 Å². The first-order valence-electron chi connectivity index (χ1n) is 7.62. The highest BCUT2D eigenvalue weighted by atomic mass is 32.2. The SMILES string of the molecule is O=Cc1ccc(C=Cc2cc[n+](CCCCS(=O)(=O)[O-])cc2)cc1. The zero-order valence-corrected chi connectivity index (χ0v) is 14.0. The summed E-state index contributed by atoms with van der Waals surface area (Å²) in [5.41, 5.74) is 2.70. The molecule has 126 valence electrons.